The third kappa shape index (κ3) is 7.11. The lowest BCUT2D eigenvalue weighted by molar-refractivity contribution is -0.134. The van der Waals surface area contributed by atoms with Crippen LogP contribution in [-0.4, -0.2) is 55.3 Å². The van der Waals surface area contributed by atoms with Crippen molar-refractivity contribution in [2.24, 2.45) is 0 Å². The molecule has 21 heavy (non-hydrogen) atoms. The van der Waals surface area contributed by atoms with Gasteiger partial charge in [-0.2, -0.15) is 0 Å². The molecule has 0 saturated heterocycles. The maximum atomic E-state index is 11.8. The van der Waals surface area contributed by atoms with E-state index in [0.29, 0.717) is 18.1 Å². The fourth-order valence-electron chi connectivity index (χ4n) is 1.74. The Labute approximate surface area is 130 Å². The fourth-order valence-corrected chi connectivity index (χ4v) is 1.86. The van der Waals surface area contributed by atoms with Crippen molar-refractivity contribution in [2.75, 3.05) is 33.7 Å². The highest BCUT2D eigenvalue weighted by Crippen LogP contribution is 2.11. The highest BCUT2D eigenvalue weighted by molar-refractivity contribution is 6.30. The fraction of sp³-hybridized carbons (Fsp3) is 0.467. The molecule has 116 valence electrons. The largest absolute Gasteiger partial charge is 0.353 e. The first-order chi connectivity index (χ1) is 9.88. The van der Waals surface area contributed by atoms with Crippen LogP contribution < -0.4 is 5.32 Å². The van der Waals surface area contributed by atoms with Crippen molar-refractivity contribution in [3.63, 3.8) is 0 Å². The van der Waals surface area contributed by atoms with Gasteiger partial charge >= 0.3 is 0 Å². The normalized spacial score (nSPS) is 10.5. The number of carbonyl (C=O) groups excluding carboxylic acids is 2. The summed E-state index contributed by atoms with van der Waals surface area (Å²) in [6.45, 7) is 3.25. The summed E-state index contributed by atoms with van der Waals surface area (Å²) in [6.07, 6.45) is 0. The highest BCUT2D eigenvalue weighted by atomic mass is 35.5. The molecule has 0 spiro atoms. The molecule has 0 atom stereocenters. The second-order valence-corrected chi connectivity index (χ2v) is 5.59. The van der Waals surface area contributed by atoms with E-state index in [1.807, 2.05) is 31.1 Å². The van der Waals surface area contributed by atoms with Gasteiger partial charge < -0.3 is 15.1 Å². The SMILES string of the molecule is CC(=O)N(CC(=O)NCCN(C)C)Cc1ccc(Cl)cc1. The number of carbonyl (C=O) groups is 2. The molecule has 0 saturated carbocycles. The molecule has 0 heterocycles. The molecule has 1 aromatic carbocycles. The number of nitrogens with zero attached hydrogens (tertiary/aromatic N) is 2. The number of nitrogens with one attached hydrogen (secondary N) is 1. The predicted octanol–water partition coefficient (Wildman–Crippen LogP) is 1.37. The van der Waals surface area contributed by atoms with Gasteiger partial charge in [-0.3, -0.25) is 9.59 Å². The molecule has 0 aliphatic rings. The average Bonchev–Trinajstić information content (AvgIpc) is 2.40. The van der Waals surface area contributed by atoms with Crippen molar-refractivity contribution in [1.29, 1.82) is 0 Å². The van der Waals surface area contributed by atoms with Crippen molar-refractivity contribution in [2.45, 2.75) is 13.5 Å². The molecule has 2 amide bonds. The van der Waals surface area contributed by atoms with Crippen molar-refractivity contribution >= 4 is 23.4 Å². The molecule has 0 aliphatic carbocycles. The van der Waals surface area contributed by atoms with Gasteiger partial charge in [0.2, 0.25) is 11.8 Å². The van der Waals surface area contributed by atoms with Crippen LogP contribution in [0.3, 0.4) is 0 Å². The maximum absolute atomic E-state index is 11.8. The summed E-state index contributed by atoms with van der Waals surface area (Å²) >= 11 is 5.83. The molecular formula is C15H22ClN3O2. The first-order valence-corrected chi connectivity index (χ1v) is 7.17. The Bertz CT molecular complexity index is 474. The molecule has 0 fully saturated rings. The second-order valence-electron chi connectivity index (χ2n) is 5.15. The van der Waals surface area contributed by atoms with Crippen molar-refractivity contribution in [1.82, 2.24) is 15.1 Å². The number of hydrogen-bond acceptors (Lipinski definition) is 3. The molecule has 5 nitrogen and oxygen atoms in total. The summed E-state index contributed by atoms with van der Waals surface area (Å²) in [4.78, 5) is 27.0. The molecule has 0 aliphatic heterocycles. The number of halogens is 1. The maximum Gasteiger partial charge on any atom is 0.239 e. The van der Waals surface area contributed by atoms with Crippen LogP contribution in [0.4, 0.5) is 0 Å². The first kappa shape index (κ1) is 17.5. The minimum Gasteiger partial charge on any atom is -0.353 e. The van der Waals surface area contributed by atoms with E-state index in [9.17, 15) is 9.59 Å². The molecule has 0 bridgehead atoms. The van der Waals surface area contributed by atoms with Gasteiger partial charge in [0.1, 0.15) is 0 Å². The Kier molecular flexibility index (Phi) is 7.19. The highest BCUT2D eigenvalue weighted by Gasteiger charge is 2.13. The van der Waals surface area contributed by atoms with Crippen molar-refractivity contribution in [3.05, 3.63) is 34.9 Å². The number of likely N-dealkylation sites (N-methyl/N-ethyl adjacent to an activating group) is 1. The molecule has 1 N–H and O–H groups in total. The van der Waals surface area contributed by atoms with Crippen LogP contribution in [0.25, 0.3) is 0 Å². The topological polar surface area (TPSA) is 52.7 Å². The van der Waals surface area contributed by atoms with Crippen LogP contribution in [-0.2, 0) is 16.1 Å². The molecule has 6 heteroatoms. The predicted molar refractivity (Wildman–Crippen MR) is 84.1 cm³/mol. The Morgan fingerprint density at radius 2 is 1.81 bits per heavy atom. The zero-order chi connectivity index (χ0) is 15.8. The van der Waals surface area contributed by atoms with Crippen LogP contribution in [0.15, 0.2) is 24.3 Å². The van der Waals surface area contributed by atoms with Crippen LogP contribution in [0.5, 0.6) is 0 Å². The minimum absolute atomic E-state index is 0.0609. The molecule has 1 aromatic rings. The summed E-state index contributed by atoms with van der Waals surface area (Å²) in [7, 11) is 3.88. The quantitative estimate of drug-likeness (QED) is 0.827. The van der Waals surface area contributed by atoms with Gasteiger partial charge in [0.25, 0.3) is 0 Å². The third-order valence-electron chi connectivity index (χ3n) is 2.95. The van der Waals surface area contributed by atoms with Gasteiger partial charge in [0, 0.05) is 31.6 Å². The van der Waals surface area contributed by atoms with Crippen molar-refractivity contribution < 1.29 is 9.59 Å². The number of benzene rings is 1. The molecule has 0 unspecified atom stereocenters. The number of hydrogen-bond donors (Lipinski definition) is 1. The van der Waals surface area contributed by atoms with E-state index >= 15 is 0 Å². The van der Waals surface area contributed by atoms with E-state index in [4.69, 9.17) is 11.6 Å². The Balaban J connectivity index is 2.51. The molecule has 0 aromatic heterocycles. The van der Waals surface area contributed by atoms with E-state index in [1.165, 1.54) is 11.8 Å². The van der Waals surface area contributed by atoms with Gasteiger partial charge in [0.15, 0.2) is 0 Å². The van der Waals surface area contributed by atoms with Gasteiger partial charge in [-0.1, -0.05) is 23.7 Å². The second kappa shape index (κ2) is 8.64. The monoisotopic (exact) mass is 311 g/mol. The lowest BCUT2D eigenvalue weighted by Crippen LogP contribution is -2.41. The molecule has 0 radical (unpaired) electrons. The van der Waals surface area contributed by atoms with Gasteiger partial charge in [-0.05, 0) is 31.8 Å². The average molecular weight is 312 g/mol. The Morgan fingerprint density at radius 1 is 1.19 bits per heavy atom. The van der Waals surface area contributed by atoms with Crippen LogP contribution in [0.2, 0.25) is 5.02 Å². The summed E-state index contributed by atoms with van der Waals surface area (Å²) < 4.78 is 0. The van der Waals surface area contributed by atoms with E-state index in [0.717, 1.165) is 12.1 Å². The number of amides is 2. The molecule has 1 rings (SSSR count). The Hall–Kier alpha value is -1.59. The standard InChI is InChI=1S/C15H22ClN3O2/c1-12(20)19(10-13-4-6-14(16)7-5-13)11-15(21)17-8-9-18(2)3/h4-7H,8-11H2,1-3H3,(H,17,21). The van der Waals surface area contributed by atoms with Crippen LogP contribution >= 0.6 is 11.6 Å². The lowest BCUT2D eigenvalue weighted by Gasteiger charge is -2.21. The zero-order valence-electron chi connectivity index (χ0n) is 12.7. The van der Waals surface area contributed by atoms with E-state index in [-0.39, 0.29) is 18.4 Å². The van der Waals surface area contributed by atoms with Crippen LogP contribution in [0, 0.1) is 0 Å². The summed E-state index contributed by atoms with van der Waals surface area (Å²) in [6, 6.07) is 7.24. The van der Waals surface area contributed by atoms with Gasteiger partial charge in [-0.15, -0.1) is 0 Å². The van der Waals surface area contributed by atoms with E-state index in [1.54, 1.807) is 12.1 Å². The zero-order valence-corrected chi connectivity index (χ0v) is 13.5. The van der Waals surface area contributed by atoms with Gasteiger partial charge in [0.05, 0.1) is 6.54 Å². The van der Waals surface area contributed by atoms with E-state index < -0.39 is 0 Å². The van der Waals surface area contributed by atoms with Crippen LogP contribution in [0.1, 0.15) is 12.5 Å². The van der Waals surface area contributed by atoms with Gasteiger partial charge in [-0.25, -0.2) is 0 Å². The minimum atomic E-state index is -0.152. The first-order valence-electron chi connectivity index (χ1n) is 6.80. The van der Waals surface area contributed by atoms with E-state index in [2.05, 4.69) is 5.32 Å². The smallest absolute Gasteiger partial charge is 0.239 e. The Morgan fingerprint density at radius 3 is 2.33 bits per heavy atom. The lowest BCUT2D eigenvalue weighted by atomic mass is 10.2. The summed E-state index contributed by atoms with van der Waals surface area (Å²) in [5, 5.41) is 3.45. The molecular weight excluding hydrogens is 290 g/mol. The van der Waals surface area contributed by atoms with Crippen molar-refractivity contribution in [3.8, 4) is 0 Å². The number of rotatable bonds is 7. The summed E-state index contributed by atoms with van der Waals surface area (Å²) in [5.41, 5.74) is 0.940. The third-order valence-corrected chi connectivity index (χ3v) is 3.20. The summed E-state index contributed by atoms with van der Waals surface area (Å²) in [5.74, 6) is -0.284.